The molecule has 0 spiro atoms. The van der Waals surface area contributed by atoms with Crippen molar-refractivity contribution >= 4 is 16.0 Å². The highest BCUT2D eigenvalue weighted by Gasteiger charge is 2.34. The Morgan fingerprint density at radius 1 is 1.48 bits per heavy atom. The van der Waals surface area contributed by atoms with Crippen LogP contribution < -0.4 is 0 Å². The van der Waals surface area contributed by atoms with Gasteiger partial charge in [0, 0.05) is 13.1 Å². The van der Waals surface area contributed by atoms with Crippen LogP contribution in [-0.4, -0.2) is 36.9 Å². The van der Waals surface area contributed by atoms with Crippen molar-refractivity contribution < 1.29 is 22.7 Å². The van der Waals surface area contributed by atoms with E-state index in [0.717, 1.165) is 22.5 Å². The number of piperidine rings is 1. The number of halogens is 1. The first-order valence-electron chi connectivity index (χ1n) is 6.29. The topological polar surface area (TPSA) is 98.5 Å². The molecule has 0 aromatic heterocycles. The fourth-order valence-corrected chi connectivity index (χ4v) is 3.96. The molecule has 0 saturated carbocycles. The molecule has 6 nitrogen and oxygen atoms in total. The first kappa shape index (κ1) is 15.4. The van der Waals surface area contributed by atoms with Crippen LogP contribution in [0.15, 0.2) is 23.1 Å². The van der Waals surface area contributed by atoms with Gasteiger partial charge >= 0.3 is 5.97 Å². The van der Waals surface area contributed by atoms with E-state index in [1.165, 1.54) is 0 Å². The van der Waals surface area contributed by atoms with Crippen LogP contribution in [0.1, 0.15) is 18.4 Å². The highest BCUT2D eigenvalue weighted by atomic mass is 32.2. The molecule has 8 heteroatoms. The quantitative estimate of drug-likeness (QED) is 0.903. The van der Waals surface area contributed by atoms with Crippen molar-refractivity contribution in [1.29, 1.82) is 5.26 Å². The van der Waals surface area contributed by atoms with E-state index >= 15 is 0 Å². The summed E-state index contributed by atoms with van der Waals surface area (Å²) < 4.78 is 39.2. The van der Waals surface area contributed by atoms with E-state index in [2.05, 4.69) is 0 Å². The van der Waals surface area contributed by atoms with Crippen LogP contribution in [0, 0.1) is 23.1 Å². The summed E-state index contributed by atoms with van der Waals surface area (Å²) in [5.41, 5.74) is -0.285. The predicted molar refractivity (Wildman–Crippen MR) is 70.2 cm³/mol. The van der Waals surface area contributed by atoms with Crippen LogP contribution in [0.5, 0.6) is 0 Å². The second kappa shape index (κ2) is 5.79. The number of carbonyl (C=O) groups is 1. The molecule has 0 amide bonds. The van der Waals surface area contributed by atoms with E-state index in [1.807, 2.05) is 0 Å². The molecule has 1 N–H and O–H groups in total. The van der Waals surface area contributed by atoms with E-state index in [0.29, 0.717) is 12.8 Å². The van der Waals surface area contributed by atoms with Crippen molar-refractivity contribution in [3.63, 3.8) is 0 Å². The van der Waals surface area contributed by atoms with E-state index < -0.39 is 27.7 Å². The van der Waals surface area contributed by atoms with Gasteiger partial charge in [-0.15, -0.1) is 0 Å². The van der Waals surface area contributed by atoms with Crippen molar-refractivity contribution in [1.82, 2.24) is 4.31 Å². The highest BCUT2D eigenvalue weighted by Crippen LogP contribution is 2.26. The fourth-order valence-electron chi connectivity index (χ4n) is 2.32. The number of carboxylic acid groups (broad SMARTS) is 1. The van der Waals surface area contributed by atoms with Crippen LogP contribution in [0.2, 0.25) is 0 Å². The number of benzene rings is 1. The molecule has 0 bridgehead atoms. The van der Waals surface area contributed by atoms with Gasteiger partial charge < -0.3 is 5.11 Å². The lowest BCUT2D eigenvalue weighted by molar-refractivity contribution is -0.142. The predicted octanol–water partition coefficient (Wildman–Crippen LogP) is 1.18. The third-order valence-corrected chi connectivity index (χ3v) is 5.34. The molecule has 2 rings (SSSR count). The number of hydrogen-bond donors (Lipinski definition) is 1. The van der Waals surface area contributed by atoms with E-state index in [4.69, 9.17) is 10.4 Å². The lowest BCUT2D eigenvalue weighted by atomic mass is 10.0. The Hall–Kier alpha value is -1.98. The number of nitrogens with zero attached hydrogens (tertiary/aromatic N) is 2. The van der Waals surface area contributed by atoms with Gasteiger partial charge in [0.25, 0.3) is 0 Å². The van der Waals surface area contributed by atoms with Crippen LogP contribution >= 0.6 is 0 Å². The van der Waals surface area contributed by atoms with Crippen LogP contribution in [0.4, 0.5) is 4.39 Å². The number of rotatable bonds is 3. The molecule has 21 heavy (non-hydrogen) atoms. The Kier molecular flexibility index (Phi) is 4.25. The molecule has 0 aliphatic carbocycles. The molecule has 1 fully saturated rings. The molecule has 112 valence electrons. The fraction of sp³-hybridized carbons (Fsp3) is 0.385. The average Bonchev–Trinajstić information content (AvgIpc) is 2.46. The Morgan fingerprint density at radius 2 is 2.19 bits per heavy atom. The normalized spacial score (nSPS) is 19.9. The van der Waals surface area contributed by atoms with Gasteiger partial charge in [0.15, 0.2) is 0 Å². The summed E-state index contributed by atoms with van der Waals surface area (Å²) >= 11 is 0. The zero-order valence-electron chi connectivity index (χ0n) is 11.0. The molecule has 1 aromatic carbocycles. The smallest absolute Gasteiger partial charge is 0.307 e. The maximum absolute atomic E-state index is 13.1. The van der Waals surface area contributed by atoms with Gasteiger partial charge in [0.1, 0.15) is 16.8 Å². The van der Waals surface area contributed by atoms with Gasteiger partial charge in [-0.1, -0.05) is 0 Å². The Balaban J connectivity index is 2.39. The third-order valence-electron chi connectivity index (χ3n) is 3.41. The number of hydrogen-bond acceptors (Lipinski definition) is 4. The number of nitriles is 1. The maximum atomic E-state index is 13.1. The van der Waals surface area contributed by atoms with Gasteiger partial charge in [-0.25, -0.2) is 12.8 Å². The standard InChI is InChI=1S/C13H13FN2O4S/c14-11-3-4-12(10(6-11)7-15)21(19,20)16-5-1-2-9(8-16)13(17)18/h3-4,6,9H,1-2,5,8H2,(H,17,18). The van der Waals surface area contributed by atoms with Gasteiger partial charge in [-0.2, -0.15) is 9.57 Å². The Bertz CT molecular complexity index is 711. The molecule has 1 aliphatic rings. The van der Waals surface area contributed by atoms with Crippen LogP contribution in [-0.2, 0) is 14.8 Å². The monoisotopic (exact) mass is 312 g/mol. The van der Waals surface area contributed by atoms with Crippen molar-refractivity contribution in [2.24, 2.45) is 5.92 Å². The van der Waals surface area contributed by atoms with Crippen molar-refractivity contribution in [2.75, 3.05) is 13.1 Å². The zero-order chi connectivity index (χ0) is 15.6. The minimum absolute atomic E-state index is 0.139. The molecule has 0 radical (unpaired) electrons. The Morgan fingerprint density at radius 3 is 2.81 bits per heavy atom. The largest absolute Gasteiger partial charge is 0.481 e. The third kappa shape index (κ3) is 3.04. The average molecular weight is 312 g/mol. The first-order chi connectivity index (χ1) is 9.86. The van der Waals surface area contributed by atoms with E-state index in [-0.39, 0.29) is 23.5 Å². The molecule has 1 saturated heterocycles. The maximum Gasteiger partial charge on any atom is 0.307 e. The van der Waals surface area contributed by atoms with Crippen LogP contribution in [0.25, 0.3) is 0 Å². The first-order valence-corrected chi connectivity index (χ1v) is 7.73. The minimum Gasteiger partial charge on any atom is -0.481 e. The van der Waals surface area contributed by atoms with E-state index in [1.54, 1.807) is 6.07 Å². The summed E-state index contributed by atoms with van der Waals surface area (Å²) in [6, 6.07) is 4.51. The molecular formula is C13H13FN2O4S. The lowest BCUT2D eigenvalue weighted by Crippen LogP contribution is -2.42. The summed E-state index contributed by atoms with van der Waals surface area (Å²) in [7, 11) is -4.01. The summed E-state index contributed by atoms with van der Waals surface area (Å²) in [6.45, 7) is 0.0499. The van der Waals surface area contributed by atoms with Gasteiger partial charge in [-0.05, 0) is 31.0 Å². The number of sulfonamides is 1. The van der Waals surface area contributed by atoms with Gasteiger partial charge in [0.05, 0.1) is 11.5 Å². The van der Waals surface area contributed by atoms with Gasteiger partial charge in [0.2, 0.25) is 10.0 Å². The second-order valence-electron chi connectivity index (χ2n) is 4.79. The summed E-state index contributed by atoms with van der Waals surface area (Å²) in [4.78, 5) is 10.7. The van der Waals surface area contributed by atoms with Crippen LogP contribution in [0.3, 0.4) is 0 Å². The molecule has 1 aromatic rings. The summed E-state index contributed by atoms with van der Waals surface area (Å²) in [6.07, 6.45) is 0.842. The van der Waals surface area contributed by atoms with Crippen molar-refractivity contribution in [3.8, 4) is 6.07 Å². The number of carboxylic acids is 1. The van der Waals surface area contributed by atoms with Crippen molar-refractivity contribution in [3.05, 3.63) is 29.6 Å². The lowest BCUT2D eigenvalue weighted by Gasteiger charge is -2.30. The van der Waals surface area contributed by atoms with E-state index in [9.17, 15) is 17.6 Å². The summed E-state index contributed by atoms with van der Waals surface area (Å²) in [5, 5.41) is 18.0. The Labute approximate surface area is 121 Å². The molecule has 1 atom stereocenters. The second-order valence-corrected chi connectivity index (χ2v) is 6.70. The molecular weight excluding hydrogens is 299 g/mol. The molecule has 1 unspecified atom stereocenters. The molecule has 1 aliphatic heterocycles. The van der Waals surface area contributed by atoms with Crippen molar-refractivity contribution in [2.45, 2.75) is 17.7 Å². The minimum atomic E-state index is -4.01. The molecule has 1 heterocycles. The highest BCUT2D eigenvalue weighted by molar-refractivity contribution is 7.89. The number of aliphatic carboxylic acids is 1. The SMILES string of the molecule is N#Cc1cc(F)ccc1S(=O)(=O)N1CCCC(C(=O)O)C1. The summed E-state index contributed by atoms with van der Waals surface area (Å²) in [5.74, 6) is -2.51. The zero-order valence-corrected chi connectivity index (χ0v) is 11.8. The van der Waals surface area contributed by atoms with Gasteiger partial charge in [-0.3, -0.25) is 4.79 Å².